The Morgan fingerprint density at radius 1 is 0.946 bits per heavy atom. The van der Waals surface area contributed by atoms with E-state index in [1.807, 2.05) is 13.0 Å². The summed E-state index contributed by atoms with van der Waals surface area (Å²) in [6, 6.07) is 3.69. The number of fused-ring (bicyclic) bond motifs is 1. The van der Waals surface area contributed by atoms with Crippen molar-refractivity contribution in [1.29, 1.82) is 0 Å². The van der Waals surface area contributed by atoms with Crippen LogP contribution in [0.15, 0.2) is 16.8 Å². The summed E-state index contributed by atoms with van der Waals surface area (Å²) in [5, 5.41) is 14.3. The number of nitrogens with two attached hydrogens (primary N) is 1. The number of ether oxygens (including phenoxy) is 1. The highest BCUT2D eigenvalue weighted by Crippen LogP contribution is 2.38. The third-order valence-corrected chi connectivity index (χ3v) is 7.81. The van der Waals surface area contributed by atoms with E-state index in [1.165, 1.54) is 0 Å². The van der Waals surface area contributed by atoms with Crippen molar-refractivity contribution < 1.29 is 18.7 Å². The first-order chi connectivity index (χ1) is 17.0. The lowest BCUT2D eigenvalue weighted by Crippen LogP contribution is -2.39. The van der Waals surface area contributed by atoms with Gasteiger partial charge in [0.25, 0.3) is 0 Å². The van der Waals surface area contributed by atoms with Crippen LogP contribution in [0.3, 0.4) is 0 Å². The lowest BCUT2D eigenvalue weighted by molar-refractivity contribution is 0.0723. The highest BCUT2D eigenvalue weighted by Gasteiger charge is 2.32. The molecule has 1 atom stereocenters. The highest BCUT2D eigenvalue weighted by molar-refractivity contribution is 7.32. The molecule has 1 amide bonds. The van der Waals surface area contributed by atoms with Crippen molar-refractivity contribution >= 4 is 37.3 Å². The molecular weight excluding hydrogens is 489 g/mol. The third kappa shape index (κ3) is 10.6. The van der Waals surface area contributed by atoms with Crippen LogP contribution in [0.25, 0.3) is 11.0 Å². The average Bonchev–Trinajstić information content (AvgIpc) is 3.26. The van der Waals surface area contributed by atoms with Crippen molar-refractivity contribution in [2.24, 2.45) is 21.7 Å². The largest absolute Gasteiger partial charge is 0.449 e. The molecule has 1 aromatic heterocycles. The molecule has 0 spiro atoms. The van der Waals surface area contributed by atoms with Gasteiger partial charge in [0.2, 0.25) is 0 Å². The standard InChI is InChI=1S/C27H48N5O4P/c1-10-35-37-18-27(8,9)14-26(6,7)17-34-23(33)30-16-25(4,5)13-24(2,3)15-29-20-12-11-19(28)21-22(20)32-36-31-21/h11-12,29,37H,10,13-18,28H2,1-9H3,(H,30,33). The summed E-state index contributed by atoms with van der Waals surface area (Å²) < 4.78 is 16.0. The van der Waals surface area contributed by atoms with Gasteiger partial charge in [-0.1, -0.05) is 55.4 Å². The lowest BCUT2D eigenvalue weighted by atomic mass is 9.75. The van der Waals surface area contributed by atoms with E-state index in [4.69, 9.17) is 19.6 Å². The predicted molar refractivity (Wildman–Crippen MR) is 153 cm³/mol. The van der Waals surface area contributed by atoms with Crippen molar-refractivity contribution in [1.82, 2.24) is 15.6 Å². The minimum atomic E-state index is -0.367. The fourth-order valence-corrected chi connectivity index (χ4v) is 5.99. The summed E-state index contributed by atoms with van der Waals surface area (Å²) in [5.41, 5.74) is 8.32. The van der Waals surface area contributed by atoms with Crippen LogP contribution in [-0.2, 0) is 9.26 Å². The van der Waals surface area contributed by atoms with Gasteiger partial charge < -0.3 is 25.6 Å². The summed E-state index contributed by atoms with van der Waals surface area (Å²) in [5.74, 6) is 0. The fourth-order valence-electron chi connectivity index (χ4n) is 5.16. The molecule has 0 aliphatic rings. The van der Waals surface area contributed by atoms with E-state index in [-0.39, 0.29) is 27.8 Å². The summed E-state index contributed by atoms with van der Waals surface area (Å²) >= 11 is 0. The minimum absolute atomic E-state index is 0.0598. The number of nitrogen functional groups attached to an aromatic ring is 1. The van der Waals surface area contributed by atoms with E-state index in [1.54, 1.807) is 6.07 Å². The Morgan fingerprint density at radius 2 is 1.57 bits per heavy atom. The molecule has 4 N–H and O–H groups in total. The second kappa shape index (κ2) is 12.6. The topological polar surface area (TPSA) is 125 Å². The maximum absolute atomic E-state index is 12.5. The third-order valence-electron chi connectivity index (χ3n) is 6.22. The molecule has 37 heavy (non-hydrogen) atoms. The summed E-state index contributed by atoms with van der Waals surface area (Å²) in [4.78, 5) is 12.5. The molecule has 9 nitrogen and oxygen atoms in total. The number of anilines is 2. The zero-order valence-electron chi connectivity index (χ0n) is 24.2. The fraction of sp³-hybridized carbons (Fsp3) is 0.741. The molecule has 0 radical (unpaired) electrons. The van der Waals surface area contributed by atoms with Crippen LogP contribution in [0.4, 0.5) is 16.2 Å². The molecule has 0 fully saturated rings. The summed E-state index contributed by atoms with van der Waals surface area (Å²) in [6.45, 7) is 21.9. The number of amides is 1. The molecule has 1 heterocycles. The van der Waals surface area contributed by atoms with Crippen LogP contribution >= 0.6 is 8.81 Å². The van der Waals surface area contributed by atoms with Crippen molar-refractivity contribution in [3.8, 4) is 0 Å². The monoisotopic (exact) mass is 537 g/mol. The molecule has 0 aliphatic carbocycles. The van der Waals surface area contributed by atoms with E-state index >= 15 is 0 Å². The van der Waals surface area contributed by atoms with Crippen LogP contribution in [0.5, 0.6) is 0 Å². The number of carbonyl (C=O) groups is 1. The first-order valence-corrected chi connectivity index (χ1v) is 14.2. The molecule has 10 heteroatoms. The molecule has 1 aromatic carbocycles. The first-order valence-electron chi connectivity index (χ1n) is 13.0. The number of alkyl carbamates (subject to hydrolysis) is 1. The van der Waals surface area contributed by atoms with Crippen molar-refractivity contribution in [3.63, 3.8) is 0 Å². The highest BCUT2D eigenvalue weighted by atomic mass is 31.1. The average molecular weight is 538 g/mol. The predicted octanol–water partition coefficient (Wildman–Crippen LogP) is 6.46. The number of benzene rings is 1. The van der Waals surface area contributed by atoms with Gasteiger partial charge in [-0.25, -0.2) is 9.42 Å². The van der Waals surface area contributed by atoms with Crippen molar-refractivity contribution in [3.05, 3.63) is 12.1 Å². The van der Waals surface area contributed by atoms with Crippen LogP contribution in [-0.4, -0.2) is 48.9 Å². The van der Waals surface area contributed by atoms with Crippen LogP contribution in [0, 0.1) is 21.7 Å². The van der Waals surface area contributed by atoms with E-state index in [0.717, 1.165) is 31.3 Å². The molecule has 210 valence electrons. The normalized spacial score (nSPS) is 13.4. The quantitative estimate of drug-likeness (QED) is 0.134. The van der Waals surface area contributed by atoms with E-state index < -0.39 is 0 Å². The smallest absolute Gasteiger partial charge is 0.407 e. The Kier molecular flexibility index (Phi) is 10.6. The second-order valence-corrected chi connectivity index (χ2v) is 14.1. The molecule has 0 saturated carbocycles. The first kappa shape index (κ1) is 31.1. The number of nitrogens with zero attached hydrogens (tertiary/aromatic N) is 2. The Bertz CT molecular complexity index is 1020. The van der Waals surface area contributed by atoms with E-state index in [9.17, 15) is 4.79 Å². The molecule has 1 unspecified atom stereocenters. The van der Waals surface area contributed by atoms with Gasteiger partial charge in [-0.15, -0.1) is 0 Å². The summed E-state index contributed by atoms with van der Waals surface area (Å²) in [6.07, 6.45) is 2.47. The number of hydrogen-bond acceptors (Lipinski definition) is 8. The van der Waals surface area contributed by atoms with Crippen LogP contribution in [0.2, 0.25) is 0 Å². The molecule has 2 rings (SSSR count). The van der Waals surface area contributed by atoms with Gasteiger partial charge >= 0.3 is 6.09 Å². The van der Waals surface area contributed by atoms with Crippen LogP contribution in [0.1, 0.15) is 75.2 Å². The van der Waals surface area contributed by atoms with Gasteiger partial charge in [-0.05, 0) is 70.0 Å². The Hall–Kier alpha value is -2.12. The van der Waals surface area contributed by atoms with E-state index in [2.05, 4.69) is 76.3 Å². The Labute approximate surface area is 224 Å². The number of hydrogen-bond donors (Lipinski definition) is 3. The molecular formula is C27H48N5O4P. The molecule has 2 aromatic rings. The number of aromatic nitrogens is 2. The number of nitrogens with one attached hydrogen (secondary N) is 2. The van der Waals surface area contributed by atoms with Gasteiger partial charge in [0.15, 0.2) is 11.0 Å². The Morgan fingerprint density at radius 3 is 2.24 bits per heavy atom. The van der Waals surface area contributed by atoms with Crippen molar-refractivity contribution in [2.75, 3.05) is 43.5 Å². The maximum atomic E-state index is 12.5. The molecule has 0 bridgehead atoms. The van der Waals surface area contributed by atoms with Gasteiger partial charge in [0.1, 0.15) is 0 Å². The molecule has 0 aliphatic heterocycles. The van der Waals surface area contributed by atoms with Gasteiger partial charge in [0.05, 0.1) is 18.0 Å². The van der Waals surface area contributed by atoms with Crippen molar-refractivity contribution in [2.45, 2.75) is 75.2 Å². The Balaban J connectivity index is 1.80. The lowest BCUT2D eigenvalue weighted by Gasteiger charge is -2.36. The van der Waals surface area contributed by atoms with E-state index in [0.29, 0.717) is 45.2 Å². The SMILES string of the molecule is CCOPCC(C)(C)CC(C)(C)COC(=O)NCC(C)(C)CC(C)(C)CNc1ccc(N)c2nonc12. The van der Waals surface area contributed by atoms with Gasteiger partial charge in [0, 0.05) is 28.5 Å². The number of carbonyl (C=O) groups excluding carboxylic acids is 1. The zero-order valence-corrected chi connectivity index (χ0v) is 25.2. The van der Waals surface area contributed by atoms with Gasteiger partial charge in [-0.2, -0.15) is 0 Å². The zero-order chi connectivity index (χ0) is 27.9. The number of rotatable bonds is 15. The second-order valence-electron chi connectivity index (χ2n) is 13.2. The van der Waals surface area contributed by atoms with Gasteiger partial charge in [-0.3, -0.25) is 0 Å². The summed E-state index contributed by atoms with van der Waals surface area (Å²) in [7, 11) is 0.503. The van der Waals surface area contributed by atoms with Crippen LogP contribution < -0.4 is 16.4 Å². The molecule has 0 saturated heterocycles. The maximum Gasteiger partial charge on any atom is 0.407 e. The minimum Gasteiger partial charge on any atom is -0.449 e.